The molecule has 0 amide bonds. The van der Waals surface area contributed by atoms with Gasteiger partial charge in [-0.3, -0.25) is 0 Å². The molecule has 2 aromatic rings. The van der Waals surface area contributed by atoms with Crippen molar-refractivity contribution in [2.24, 2.45) is 12.0 Å². The predicted molar refractivity (Wildman–Crippen MR) is 98.9 cm³/mol. The number of nitrogens with one attached hydrogen (secondary N) is 1. The molecule has 0 saturated heterocycles. The quantitative estimate of drug-likeness (QED) is 0.488. The number of aromatic nitrogens is 1. The van der Waals surface area contributed by atoms with Crippen molar-refractivity contribution in [1.82, 2.24) is 14.8 Å². The summed E-state index contributed by atoms with van der Waals surface area (Å²) in [6.07, 6.45) is 4.13. The summed E-state index contributed by atoms with van der Waals surface area (Å²) in [5.41, 5.74) is 2.47. The topological polar surface area (TPSA) is 32.6 Å². The van der Waals surface area contributed by atoms with Crippen LogP contribution in [-0.4, -0.2) is 29.5 Å². The molecule has 0 aliphatic rings. The van der Waals surface area contributed by atoms with E-state index >= 15 is 0 Å². The number of hydrogen-bond donors (Lipinski definition) is 1. The Bertz CT molecular complexity index is 561. The first-order valence-corrected chi connectivity index (χ1v) is 6.75. The molecule has 2 rings (SSSR count). The highest BCUT2D eigenvalue weighted by molar-refractivity contribution is 14.0. The Labute approximate surface area is 143 Å². The van der Waals surface area contributed by atoms with E-state index in [2.05, 4.69) is 34.7 Å². The van der Waals surface area contributed by atoms with Crippen LogP contribution in [0.1, 0.15) is 11.1 Å². The summed E-state index contributed by atoms with van der Waals surface area (Å²) in [5.74, 6) is 0.901. The van der Waals surface area contributed by atoms with Crippen molar-refractivity contribution >= 4 is 29.9 Å². The van der Waals surface area contributed by atoms with Gasteiger partial charge in [-0.1, -0.05) is 30.3 Å². The monoisotopic (exact) mass is 398 g/mol. The zero-order valence-electron chi connectivity index (χ0n) is 12.8. The summed E-state index contributed by atoms with van der Waals surface area (Å²) in [7, 11) is 6.03. The van der Waals surface area contributed by atoms with Gasteiger partial charge in [-0.15, -0.1) is 24.0 Å². The molecular weight excluding hydrogens is 375 g/mol. The number of benzene rings is 1. The van der Waals surface area contributed by atoms with Crippen LogP contribution in [0.25, 0.3) is 0 Å². The van der Waals surface area contributed by atoms with Crippen LogP contribution in [-0.2, 0) is 20.1 Å². The Balaban J connectivity index is 0.00000220. The van der Waals surface area contributed by atoms with E-state index in [0.717, 1.165) is 12.5 Å². The molecule has 21 heavy (non-hydrogen) atoms. The Morgan fingerprint density at radius 1 is 1.14 bits per heavy atom. The highest BCUT2D eigenvalue weighted by atomic mass is 127. The van der Waals surface area contributed by atoms with Crippen LogP contribution >= 0.6 is 24.0 Å². The number of aliphatic imine (C=N–C) groups is 1. The Kier molecular flexibility index (Phi) is 7.28. The Morgan fingerprint density at radius 2 is 1.86 bits per heavy atom. The van der Waals surface area contributed by atoms with Crippen molar-refractivity contribution in [3.63, 3.8) is 0 Å². The van der Waals surface area contributed by atoms with E-state index in [4.69, 9.17) is 0 Å². The van der Waals surface area contributed by atoms with E-state index in [1.807, 2.05) is 55.0 Å². The molecule has 0 aliphatic carbocycles. The van der Waals surface area contributed by atoms with Gasteiger partial charge in [0.15, 0.2) is 5.96 Å². The lowest BCUT2D eigenvalue weighted by atomic mass is 10.2. The van der Waals surface area contributed by atoms with E-state index in [-0.39, 0.29) is 24.0 Å². The van der Waals surface area contributed by atoms with Crippen molar-refractivity contribution < 1.29 is 0 Å². The predicted octanol–water partition coefficient (Wildman–Crippen LogP) is 2.85. The van der Waals surface area contributed by atoms with E-state index < -0.39 is 0 Å². The molecule has 0 unspecified atom stereocenters. The first kappa shape index (κ1) is 17.6. The van der Waals surface area contributed by atoms with Gasteiger partial charge in [0.1, 0.15) is 0 Å². The van der Waals surface area contributed by atoms with Crippen LogP contribution in [0.2, 0.25) is 0 Å². The van der Waals surface area contributed by atoms with Crippen molar-refractivity contribution in [3.05, 3.63) is 59.9 Å². The zero-order valence-corrected chi connectivity index (χ0v) is 15.1. The van der Waals surface area contributed by atoms with Gasteiger partial charge in [-0.2, -0.15) is 0 Å². The molecule has 1 aromatic heterocycles. The minimum absolute atomic E-state index is 0. The number of rotatable bonds is 4. The number of guanidine groups is 1. The smallest absolute Gasteiger partial charge is 0.194 e. The second-order valence-corrected chi connectivity index (χ2v) is 5.06. The molecule has 114 valence electrons. The zero-order chi connectivity index (χ0) is 14.4. The van der Waals surface area contributed by atoms with Gasteiger partial charge in [0.2, 0.25) is 0 Å². The molecule has 1 heterocycles. The van der Waals surface area contributed by atoms with Crippen molar-refractivity contribution in [1.29, 1.82) is 0 Å². The van der Waals surface area contributed by atoms with Gasteiger partial charge in [0, 0.05) is 40.1 Å². The van der Waals surface area contributed by atoms with Crippen LogP contribution in [0, 0.1) is 0 Å². The van der Waals surface area contributed by atoms with Crippen molar-refractivity contribution in [2.75, 3.05) is 14.1 Å². The fraction of sp³-hybridized carbons (Fsp3) is 0.312. The first-order chi connectivity index (χ1) is 9.65. The maximum atomic E-state index is 4.64. The SMILES string of the molecule is CN(C)C(=NCc1ccn(C)c1)NCc1ccccc1.I. The van der Waals surface area contributed by atoms with Gasteiger partial charge in [-0.25, -0.2) is 4.99 Å². The summed E-state index contributed by atoms with van der Waals surface area (Å²) in [6.45, 7) is 1.47. The fourth-order valence-corrected chi connectivity index (χ4v) is 1.95. The first-order valence-electron chi connectivity index (χ1n) is 6.75. The molecule has 5 heteroatoms. The summed E-state index contributed by atoms with van der Waals surface area (Å²) in [5, 5.41) is 3.38. The Hall–Kier alpha value is -1.50. The van der Waals surface area contributed by atoms with E-state index in [9.17, 15) is 0 Å². The maximum absolute atomic E-state index is 4.64. The van der Waals surface area contributed by atoms with Gasteiger partial charge in [0.05, 0.1) is 6.54 Å². The average molecular weight is 398 g/mol. The van der Waals surface area contributed by atoms with E-state index in [1.54, 1.807) is 0 Å². The summed E-state index contributed by atoms with van der Waals surface area (Å²) in [4.78, 5) is 6.65. The lowest BCUT2D eigenvalue weighted by Gasteiger charge is -2.17. The lowest BCUT2D eigenvalue weighted by Crippen LogP contribution is -2.36. The lowest BCUT2D eigenvalue weighted by molar-refractivity contribution is 0.578. The number of nitrogens with zero attached hydrogens (tertiary/aromatic N) is 3. The molecule has 1 aromatic carbocycles. The van der Waals surface area contributed by atoms with Crippen LogP contribution < -0.4 is 5.32 Å². The summed E-state index contributed by atoms with van der Waals surface area (Å²) < 4.78 is 2.04. The molecule has 0 atom stereocenters. The third-order valence-corrected chi connectivity index (χ3v) is 3.02. The van der Waals surface area contributed by atoms with Crippen LogP contribution in [0.5, 0.6) is 0 Å². The summed E-state index contributed by atoms with van der Waals surface area (Å²) in [6, 6.07) is 12.4. The molecule has 0 saturated carbocycles. The summed E-state index contributed by atoms with van der Waals surface area (Å²) >= 11 is 0. The third kappa shape index (κ3) is 5.79. The highest BCUT2D eigenvalue weighted by Gasteiger charge is 2.02. The molecule has 1 N–H and O–H groups in total. The molecular formula is C16H23IN4. The van der Waals surface area contributed by atoms with Gasteiger partial charge in [0.25, 0.3) is 0 Å². The molecule has 0 aliphatic heterocycles. The molecule has 0 radical (unpaired) electrons. The molecule has 0 spiro atoms. The van der Waals surface area contributed by atoms with E-state index in [0.29, 0.717) is 6.54 Å². The fourth-order valence-electron chi connectivity index (χ4n) is 1.95. The van der Waals surface area contributed by atoms with Gasteiger partial charge < -0.3 is 14.8 Å². The normalized spacial score (nSPS) is 10.9. The Morgan fingerprint density at radius 3 is 2.43 bits per heavy atom. The van der Waals surface area contributed by atoms with Crippen LogP contribution in [0.4, 0.5) is 0 Å². The molecule has 0 bridgehead atoms. The van der Waals surface area contributed by atoms with Gasteiger partial charge in [-0.05, 0) is 17.2 Å². The minimum atomic E-state index is 0. The maximum Gasteiger partial charge on any atom is 0.194 e. The second-order valence-electron chi connectivity index (χ2n) is 5.06. The van der Waals surface area contributed by atoms with Crippen molar-refractivity contribution in [2.45, 2.75) is 13.1 Å². The number of aryl methyl sites for hydroxylation is 1. The van der Waals surface area contributed by atoms with E-state index in [1.165, 1.54) is 11.1 Å². The highest BCUT2D eigenvalue weighted by Crippen LogP contribution is 2.02. The van der Waals surface area contributed by atoms with Crippen molar-refractivity contribution in [3.8, 4) is 0 Å². The standard InChI is InChI=1S/C16H22N4.HI/c1-19(2)16(17-11-14-7-5-4-6-8-14)18-12-15-9-10-20(3)13-15;/h4-10,13H,11-12H2,1-3H3,(H,17,18);1H. The number of halogens is 1. The number of hydrogen-bond acceptors (Lipinski definition) is 1. The van der Waals surface area contributed by atoms with Gasteiger partial charge >= 0.3 is 0 Å². The third-order valence-electron chi connectivity index (χ3n) is 3.02. The van der Waals surface area contributed by atoms with Crippen LogP contribution in [0.3, 0.4) is 0 Å². The molecule has 4 nitrogen and oxygen atoms in total. The largest absolute Gasteiger partial charge is 0.357 e. The average Bonchev–Trinajstić information content (AvgIpc) is 2.85. The van der Waals surface area contributed by atoms with Crippen LogP contribution in [0.15, 0.2) is 53.8 Å². The molecule has 0 fully saturated rings. The minimum Gasteiger partial charge on any atom is -0.357 e. The second kappa shape index (κ2) is 8.71.